The number of carbonyl (C=O) groups is 1. The molecule has 2 fully saturated rings. The number of alkyl halides is 1. The Morgan fingerprint density at radius 3 is 2.58 bits per heavy atom. The molecule has 0 aromatic heterocycles. The van der Waals surface area contributed by atoms with Crippen LogP contribution in [0.15, 0.2) is 24.3 Å². The van der Waals surface area contributed by atoms with Crippen LogP contribution in [0.5, 0.6) is 0 Å². The summed E-state index contributed by atoms with van der Waals surface area (Å²) < 4.78 is 63.1. The maximum atomic E-state index is 13.5. The van der Waals surface area contributed by atoms with E-state index in [1.54, 1.807) is 19.1 Å². The predicted molar refractivity (Wildman–Crippen MR) is 111 cm³/mol. The highest BCUT2D eigenvalue weighted by Gasteiger charge is 2.44. The van der Waals surface area contributed by atoms with Crippen molar-refractivity contribution in [1.82, 2.24) is 9.62 Å². The standard InChI is InChI=1S/C21H30F2N2O5S/c1-14-10-19(24-31(27,28)13-22)20(25(14)21(26)29-2)12-30-18-8-6-15(7-9-18)16-4-3-5-17(23)11-16/h3-5,11,14-15,18-20,24H,6-10,12-13H2,1-2H3/t14?,15?,18?,19-,20-/m0/s1. The molecule has 1 heterocycles. The lowest BCUT2D eigenvalue weighted by molar-refractivity contribution is -0.00862. The van der Waals surface area contributed by atoms with Gasteiger partial charge in [-0.15, -0.1) is 0 Å². The van der Waals surface area contributed by atoms with E-state index in [0.29, 0.717) is 6.42 Å². The third kappa shape index (κ3) is 5.93. The van der Waals surface area contributed by atoms with E-state index in [0.717, 1.165) is 31.2 Å². The zero-order valence-electron chi connectivity index (χ0n) is 17.8. The molecule has 3 rings (SSSR count). The topological polar surface area (TPSA) is 84.9 Å². The van der Waals surface area contributed by atoms with Gasteiger partial charge in [-0.25, -0.2) is 26.7 Å². The predicted octanol–water partition coefficient (Wildman–Crippen LogP) is 3.31. The zero-order chi connectivity index (χ0) is 22.6. The van der Waals surface area contributed by atoms with Crippen LogP contribution in [0, 0.1) is 5.82 Å². The molecule has 1 amide bonds. The number of nitrogens with zero attached hydrogens (tertiary/aromatic N) is 1. The molecule has 2 aliphatic rings. The maximum absolute atomic E-state index is 13.5. The average Bonchev–Trinajstić information content (AvgIpc) is 3.06. The molecule has 3 atom stereocenters. The molecule has 1 saturated heterocycles. The summed E-state index contributed by atoms with van der Waals surface area (Å²) in [5, 5.41) is 0. The lowest BCUT2D eigenvalue weighted by Gasteiger charge is -2.33. The molecule has 174 valence electrons. The van der Waals surface area contributed by atoms with Crippen molar-refractivity contribution in [3.63, 3.8) is 0 Å². The van der Waals surface area contributed by atoms with E-state index in [2.05, 4.69) is 4.72 Å². The van der Waals surface area contributed by atoms with Gasteiger partial charge in [0, 0.05) is 12.1 Å². The van der Waals surface area contributed by atoms with Gasteiger partial charge in [-0.1, -0.05) is 12.1 Å². The van der Waals surface area contributed by atoms with Crippen molar-refractivity contribution >= 4 is 16.1 Å². The summed E-state index contributed by atoms with van der Waals surface area (Å²) in [5.74, 6) is 0.0358. The first-order valence-corrected chi connectivity index (χ1v) is 12.2. The van der Waals surface area contributed by atoms with Crippen molar-refractivity contribution in [3.05, 3.63) is 35.6 Å². The largest absolute Gasteiger partial charge is 0.453 e. The SMILES string of the molecule is COC(=O)N1C(C)C[C@H](NS(=O)(=O)CF)[C@@H]1COC1CCC(c2cccc(F)c2)CC1. The van der Waals surface area contributed by atoms with Crippen LogP contribution in [0.4, 0.5) is 13.6 Å². The van der Waals surface area contributed by atoms with Crippen molar-refractivity contribution in [1.29, 1.82) is 0 Å². The minimum absolute atomic E-state index is 0.0429. The van der Waals surface area contributed by atoms with Crippen LogP contribution in [0.1, 0.15) is 50.5 Å². The number of carbonyl (C=O) groups excluding carboxylic acids is 1. The van der Waals surface area contributed by atoms with E-state index in [1.807, 2.05) is 6.07 Å². The smallest absolute Gasteiger partial charge is 0.410 e. The molecular weight excluding hydrogens is 430 g/mol. The Morgan fingerprint density at radius 1 is 1.26 bits per heavy atom. The molecule has 10 heteroatoms. The van der Waals surface area contributed by atoms with Crippen LogP contribution >= 0.6 is 0 Å². The Kier molecular flexibility index (Phi) is 7.87. The second-order valence-corrected chi connectivity index (χ2v) is 10.0. The first-order valence-electron chi connectivity index (χ1n) is 10.5. The summed E-state index contributed by atoms with van der Waals surface area (Å²) in [4.78, 5) is 13.7. The van der Waals surface area contributed by atoms with Crippen molar-refractivity contribution in [2.24, 2.45) is 0 Å². The average molecular weight is 461 g/mol. The Balaban J connectivity index is 1.61. The summed E-state index contributed by atoms with van der Waals surface area (Å²) in [6, 6.07) is 3.61. The molecule has 1 aliphatic heterocycles. The van der Waals surface area contributed by atoms with Crippen molar-refractivity contribution in [2.75, 3.05) is 19.7 Å². The minimum atomic E-state index is -4.08. The Bertz CT molecular complexity index is 861. The number of likely N-dealkylation sites (tertiary alicyclic amines) is 1. The second kappa shape index (κ2) is 10.2. The number of rotatable bonds is 7. The van der Waals surface area contributed by atoms with Crippen LogP contribution in [0.2, 0.25) is 0 Å². The number of sulfonamides is 1. The fourth-order valence-corrected chi connectivity index (χ4v) is 5.50. The monoisotopic (exact) mass is 460 g/mol. The molecule has 0 radical (unpaired) electrons. The van der Waals surface area contributed by atoms with Gasteiger partial charge in [-0.3, -0.25) is 4.90 Å². The van der Waals surface area contributed by atoms with E-state index < -0.39 is 34.2 Å². The molecular formula is C21H30F2N2O5S. The maximum Gasteiger partial charge on any atom is 0.410 e. The summed E-state index contributed by atoms with van der Waals surface area (Å²) in [6.07, 6.45) is 3.00. The lowest BCUT2D eigenvalue weighted by Crippen LogP contribution is -2.50. The van der Waals surface area contributed by atoms with E-state index >= 15 is 0 Å². The fourth-order valence-electron chi connectivity index (χ4n) is 4.72. The lowest BCUT2D eigenvalue weighted by atomic mass is 9.82. The van der Waals surface area contributed by atoms with Gasteiger partial charge in [0.2, 0.25) is 16.0 Å². The molecule has 0 bridgehead atoms. The molecule has 31 heavy (non-hydrogen) atoms. The molecule has 1 aliphatic carbocycles. The summed E-state index contributed by atoms with van der Waals surface area (Å²) in [6.45, 7) is 1.91. The zero-order valence-corrected chi connectivity index (χ0v) is 18.6. The van der Waals surface area contributed by atoms with E-state index in [4.69, 9.17) is 9.47 Å². The molecule has 1 N–H and O–H groups in total. The number of hydrogen-bond acceptors (Lipinski definition) is 5. The second-order valence-electron chi connectivity index (χ2n) is 8.34. The summed E-state index contributed by atoms with van der Waals surface area (Å²) in [7, 11) is -2.82. The molecule has 7 nitrogen and oxygen atoms in total. The highest BCUT2D eigenvalue weighted by Crippen LogP contribution is 2.35. The van der Waals surface area contributed by atoms with Gasteiger partial charge in [-0.2, -0.15) is 0 Å². The van der Waals surface area contributed by atoms with Crippen LogP contribution in [-0.2, 0) is 19.5 Å². The first-order chi connectivity index (χ1) is 14.7. The van der Waals surface area contributed by atoms with Gasteiger partial charge in [0.25, 0.3) is 0 Å². The number of halogens is 2. The number of benzene rings is 1. The first kappa shape index (κ1) is 23.9. The number of hydrogen-bond donors (Lipinski definition) is 1. The third-order valence-electron chi connectivity index (χ3n) is 6.25. The van der Waals surface area contributed by atoms with Crippen LogP contribution < -0.4 is 4.72 Å². The van der Waals surface area contributed by atoms with E-state index in [9.17, 15) is 22.0 Å². The number of nitrogens with one attached hydrogen (secondary N) is 1. The number of amides is 1. The molecule has 1 saturated carbocycles. The minimum Gasteiger partial charge on any atom is -0.453 e. The van der Waals surface area contributed by atoms with Crippen LogP contribution in [0.25, 0.3) is 0 Å². The molecule has 1 unspecified atom stereocenters. The molecule has 0 spiro atoms. The van der Waals surface area contributed by atoms with Crippen LogP contribution in [0.3, 0.4) is 0 Å². The normalized spacial score (nSPS) is 29.2. The van der Waals surface area contributed by atoms with Crippen molar-refractivity contribution < 1.29 is 31.5 Å². The van der Waals surface area contributed by atoms with Gasteiger partial charge in [0.1, 0.15) is 5.82 Å². The van der Waals surface area contributed by atoms with E-state index in [1.165, 1.54) is 18.1 Å². The molecule has 1 aromatic carbocycles. The highest BCUT2D eigenvalue weighted by atomic mass is 32.2. The highest BCUT2D eigenvalue weighted by molar-refractivity contribution is 7.89. The fraction of sp³-hybridized carbons (Fsp3) is 0.667. The van der Waals surface area contributed by atoms with Gasteiger partial charge < -0.3 is 9.47 Å². The van der Waals surface area contributed by atoms with Crippen molar-refractivity contribution in [2.45, 2.75) is 69.2 Å². The number of methoxy groups -OCH3 is 1. The summed E-state index contributed by atoms with van der Waals surface area (Å²) >= 11 is 0. The Labute approximate surface area is 182 Å². The number of ether oxygens (including phenoxy) is 2. The van der Waals surface area contributed by atoms with Crippen LogP contribution in [-0.4, -0.2) is 63.4 Å². The third-order valence-corrected chi connectivity index (χ3v) is 7.20. The van der Waals surface area contributed by atoms with Gasteiger partial charge in [0.05, 0.1) is 25.9 Å². The quantitative estimate of drug-likeness (QED) is 0.675. The van der Waals surface area contributed by atoms with Gasteiger partial charge >= 0.3 is 6.09 Å². The summed E-state index contributed by atoms with van der Waals surface area (Å²) in [5.41, 5.74) is 0.987. The van der Waals surface area contributed by atoms with Gasteiger partial charge in [-0.05, 0) is 62.6 Å². The van der Waals surface area contributed by atoms with E-state index in [-0.39, 0.29) is 30.5 Å². The van der Waals surface area contributed by atoms with Gasteiger partial charge in [0.15, 0.2) is 0 Å². The Morgan fingerprint density at radius 2 is 1.97 bits per heavy atom. The van der Waals surface area contributed by atoms with Crippen molar-refractivity contribution in [3.8, 4) is 0 Å². The Hall–Kier alpha value is -1.78. The molecule has 1 aromatic rings.